The number of carbonyl (C=O) groups is 2. The number of rotatable bonds is 5. The van der Waals surface area contributed by atoms with Crippen LogP contribution in [-0.2, 0) is 14.3 Å². The van der Waals surface area contributed by atoms with Gasteiger partial charge in [-0.15, -0.1) is 0 Å². The fraction of sp³-hybridized carbons (Fsp3) is 0.231. The van der Waals surface area contributed by atoms with E-state index in [1.165, 1.54) is 0 Å². The number of carboxylic acid groups (broad SMARTS) is 1. The van der Waals surface area contributed by atoms with Crippen molar-refractivity contribution in [3.05, 3.63) is 42.0 Å². The van der Waals surface area contributed by atoms with Gasteiger partial charge in [-0.2, -0.15) is 0 Å². The standard InChI is InChI=1S/C13H14O4/c1-17-13(16)11(12(14)15)9-5-8-10-6-3-2-4-7-10/h2-8,11H,9H2,1H3,(H,14,15)/p-1/b8-5+. The zero-order valence-electron chi connectivity index (χ0n) is 9.46. The van der Waals surface area contributed by atoms with Gasteiger partial charge in [0.15, 0.2) is 0 Å². The molecule has 1 unspecified atom stereocenters. The third kappa shape index (κ3) is 4.10. The maximum absolute atomic E-state index is 11.1. The first-order valence-corrected chi connectivity index (χ1v) is 5.15. The van der Waals surface area contributed by atoms with Gasteiger partial charge in [0, 0.05) is 0 Å². The second-order valence-electron chi connectivity index (χ2n) is 3.44. The van der Waals surface area contributed by atoms with Crippen molar-refractivity contribution in [2.24, 2.45) is 5.92 Å². The van der Waals surface area contributed by atoms with E-state index in [1.54, 1.807) is 12.2 Å². The summed E-state index contributed by atoms with van der Waals surface area (Å²) in [5, 5.41) is 10.7. The summed E-state index contributed by atoms with van der Waals surface area (Å²) in [5.74, 6) is -3.46. The van der Waals surface area contributed by atoms with E-state index < -0.39 is 17.9 Å². The van der Waals surface area contributed by atoms with Gasteiger partial charge in [-0.3, -0.25) is 4.79 Å². The molecule has 0 saturated carbocycles. The summed E-state index contributed by atoms with van der Waals surface area (Å²) in [4.78, 5) is 21.8. The molecule has 1 aromatic rings. The van der Waals surface area contributed by atoms with Gasteiger partial charge >= 0.3 is 5.97 Å². The van der Waals surface area contributed by atoms with Gasteiger partial charge in [-0.1, -0.05) is 42.5 Å². The Labute approximate surface area is 99.5 Å². The number of allylic oxidation sites excluding steroid dienone is 1. The maximum Gasteiger partial charge on any atom is 0.314 e. The number of hydrogen-bond donors (Lipinski definition) is 0. The zero-order valence-corrected chi connectivity index (χ0v) is 9.46. The average molecular weight is 233 g/mol. The molecule has 0 amide bonds. The molecule has 0 aliphatic rings. The van der Waals surface area contributed by atoms with E-state index in [-0.39, 0.29) is 6.42 Å². The SMILES string of the molecule is COC(=O)C(C/C=C/c1ccccc1)C(=O)[O-]. The fourth-order valence-corrected chi connectivity index (χ4v) is 1.34. The number of aliphatic carboxylic acids is 1. The second kappa shape index (κ2) is 6.48. The first-order chi connectivity index (χ1) is 8.15. The molecule has 1 aromatic carbocycles. The van der Waals surface area contributed by atoms with E-state index >= 15 is 0 Å². The van der Waals surface area contributed by atoms with Gasteiger partial charge in [-0.25, -0.2) is 0 Å². The average Bonchev–Trinajstić information content (AvgIpc) is 2.34. The van der Waals surface area contributed by atoms with Gasteiger partial charge in [0.05, 0.1) is 19.0 Å². The molecule has 0 bridgehead atoms. The van der Waals surface area contributed by atoms with Crippen LogP contribution in [0, 0.1) is 5.92 Å². The van der Waals surface area contributed by atoms with Crippen LogP contribution in [0.5, 0.6) is 0 Å². The molecule has 0 aliphatic heterocycles. The topological polar surface area (TPSA) is 66.4 Å². The van der Waals surface area contributed by atoms with E-state index in [4.69, 9.17) is 0 Å². The number of hydrogen-bond acceptors (Lipinski definition) is 4. The second-order valence-corrected chi connectivity index (χ2v) is 3.44. The Bertz CT molecular complexity index is 409. The number of benzene rings is 1. The molecule has 90 valence electrons. The van der Waals surface area contributed by atoms with Crippen molar-refractivity contribution in [1.82, 2.24) is 0 Å². The lowest BCUT2D eigenvalue weighted by molar-refractivity contribution is -0.310. The van der Waals surface area contributed by atoms with Crippen molar-refractivity contribution in [3.8, 4) is 0 Å². The minimum absolute atomic E-state index is 0.0594. The lowest BCUT2D eigenvalue weighted by Crippen LogP contribution is -2.36. The van der Waals surface area contributed by atoms with Crippen molar-refractivity contribution in [2.45, 2.75) is 6.42 Å². The molecule has 1 rings (SSSR count). The largest absolute Gasteiger partial charge is 0.549 e. The Balaban J connectivity index is 2.61. The summed E-state index contributed by atoms with van der Waals surface area (Å²) in [6, 6.07) is 9.38. The highest BCUT2D eigenvalue weighted by Crippen LogP contribution is 2.08. The van der Waals surface area contributed by atoms with Gasteiger partial charge < -0.3 is 14.6 Å². The molecule has 0 N–H and O–H groups in total. The summed E-state index contributed by atoms with van der Waals surface area (Å²) in [6.07, 6.45) is 3.43. The number of ether oxygens (including phenoxy) is 1. The molecular weight excluding hydrogens is 220 g/mol. The minimum atomic E-state index is -1.42. The van der Waals surface area contributed by atoms with Crippen LogP contribution in [0.4, 0.5) is 0 Å². The van der Waals surface area contributed by atoms with Crippen molar-refractivity contribution in [2.75, 3.05) is 7.11 Å². The maximum atomic E-state index is 11.1. The third-order valence-electron chi connectivity index (χ3n) is 2.25. The summed E-state index contributed by atoms with van der Waals surface area (Å²) >= 11 is 0. The van der Waals surface area contributed by atoms with E-state index in [0.717, 1.165) is 12.7 Å². The van der Waals surface area contributed by atoms with Crippen molar-refractivity contribution in [1.29, 1.82) is 0 Å². The molecule has 0 heterocycles. The van der Waals surface area contributed by atoms with Gasteiger partial charge in [0.25, 0.3) is 0 Å². The lowest BCUT2D eigenvalue weighted by Gasteiger charge is -2.12. The van der Waals surface area contributed by atoms with E-state index in [1.807, 2.05) is 30.3 Å². The third-order valence-corrected chi connectivity index (χ3v) is 2.25. The highest BCUT2D eigenvalue weighted by Gasteiger charge is 2.18. The summed E-state index contributed by atoms with van der Waals surface area (Å²) < 4.78 is 4.38. The monoisotopic (exact) mass is 233 g/mol. The predicted octanol–water partition coefficient (Wildman–Crippen LogP) is 0.629. The molecule has 0 radical (unpaired) electrons. The van der Waals surface area contributed by atoms with E-state index in [2.05, 4.69) is 4.74 Å². The summed E-state index contributed by atoms with van der Waals surface area (Å²) in [6.45, 7) is 0. The van der Waals surface area contributed by atoms with Crippen LogP contribution < -0.4 is 5.11 Å². The van der Waals surface area contributed by atoms with Crippen LogP contribution in [0.3, 0.4) is 0 Å². The molecule has 1 atom stereocenters. The molecular formula is C13H13O4-. The Hall–Kier alpha value is -2.10. The van der Waals surface area contributed by atoms with Crippen LogP contribution >= 0.6 is 0 Å². The minimum Gasteiger partial charge on any atom is -0.549 e. The number of esters is 1. The molecule has 0 spiro atoms. The molecule has 0 saturated heterocycles. The van der Waals surface area contributed by atoms with Crippen molar-refractivity contribution in [3.63, 3.8) is 0 Å². The van der Waals surface area contributed by atoms with Crippen molar-refractivity contribution < 1.29 is 19.4 Å². The molecule has 4 heteroatoms. The van der Waals surface area contributed by atoms with Crippen LogP contribution in [0.2, 0.25) is 0 Å². The van der Waals surface area contributed by atoms with E-state index in [0.29, 0.717) is 0 Å². The highest BCUT2D eigenvalue weighted by atomic mass is 16.5. The van der Waals surface area contributed by atoms with E-state index in [9.17, 15) is 14.7 Å². The summed E-state index contributed by atoms with van der Waals surface area (Å²) in [7, 11) is 1.15. The number of carboxylic acids is 1. The van der Waals surface area contributed by atoms with Gasteiger partial charge in [-0.05, 0) is 12.0 Å². The molecule has 0 fully saturated rings. The zero-order chi connectivity index (χ0) is 12.7. The number of carbonyl (C=O) groups excluding carboxylic acids is 2. The number of methoxy groups -OCH3 is 1. The normalized spacial score (nSPS) is 12.3. The predicted molar refractivity (Wildman–Crippen MR) is 60.6 cm³/mol. The van der Waals surface area contributed by atoms with Crippen LogP contribution in [0.25, 0.3) is 6.08 Å². The Kier molecular flexibility index (Phi) is 4.94. The van der Waals surface area contributed by atoms with Crippen LogP contribution in [0.1, 0.15) is 12.0 Å². The fourth-order valence-electron chi connectivity index (χ4n) is 1.34. The van der Waals surface area contributed by atoms with Gasteiger partial charge in [0.1, 0.15) is 0 Å². The Morgan fingerprint density at radius 1 is 1.35 bits per heavy atom. The van der Waals surface area contributed by atoms with Gasteiger partial charge in [0.2, 0.25) is 0 Å². The molecule has 0 aliphatic carbocycles. The molecule has 0 aromatic heterocycles. The summed E-state index contributed by atoms with van der Waals surface area (Å²) in [5.41, 5.74) is 0.939. The Morgan fingerprint density at radius 2 is 2.00 bits per heavy atom. The highest BCUT2D eigenvalue weighted by molar-refractivity contribution is 5.93. The first kappa shape index (κ1) is 13.0. The van der Waals surface area contributed by atoms with Crippen LogP contribution in [-0.4, -0.2) is 19.0 Å². The van der Waals surface area contributed by atoms with Crippen molar-refractivity contribution >= 4 is 18.0 Å². The molecule has 17 heavy (non-hydrogen) atoms. The lowest BCUT2D eigenvalue weighted by atomic mass is 10.1. The smallest absolute Gasteiger partial charge is 0.314 e. The first-order valence-electron chi connectivity index (χ1n) is 5.15. The quantitative estimate of drug-likeness (QED) is 0.552. The molecule has 4 nitrogen and oxygen atoms in total. The Morgan fingerprint density at radius 3 is 2.53 bits per heavy atom. The van der Waals surface area contributed by atoms with Crippen LogP contribution in [0.15, 0.2) is 36.4 Å².